The molecule has 0 bridgehead atoms. The van der Waals surface area contributed by atoms with Crippen molar-refractivity contribution in [1.82, 2.24) is 4.98 Å². The second kappa shape index (κ2) is 7.88. The summed E-state index contributed by atoms with van der Waals surface area (Å²) >= 11 is 0. The molecule has 7 heteroatoms. The lowest BCUT2D eigenvalue weighted by Gasteiger charge is -2.14. The molecule has 0 radical (unpaired) electrons. The number of methoxy groups -OCH3 is 1. The molecule has 0 spiro atoms. The molecular formula is C19H20FN3O3. The lowest BCUT2D eigenvalue weighted by molar-refractivity contribution is 0.292. The fourth-order valence-corrected chi connectivity index (χ4v) is 2.47. The average molecular weight is 357 g/mol. The highest BCUT2D eigenvalue weighted by molar-refractivity contribution is 5.88. The summed E-state index contributed by atoms with van der Waals surface area (Å²) in [5, 5.41) is 0.673. The predicted molar refractivity (Wildman–Crippen MR) is 98.3 cm³/mol. The molecular weight excluding hydrogens is 337 g/mol. The molecule has 0 unspecified atom stereocenters. The predicted octanol–water partition coefficient (Wildman–Crippen LogP) is 3.48. The summed E-state index contributed by atoms with van der Waals surface area (Å²) in [6.07, 6.45) is 2.32. The molecule has 1 heterocycles. The molecule has 26 heavy (non-hydrogen) atoms. The zero-order chi connectivity index (χ0) is 18.5. The van der Waals surface area contributed by atoms with Gasteiger partial charge in [0.25, 0.3) is 0 Å². The van der Waals surface area contributed by atoms with Crippen LogP contribution in [0.4, 0.5) is 10.1 Å². The molecule has 0 saturated heterocycles. The van der Waals surface area contributed by atoms with E-state index in [1.165, 1.54) is 12.1 Å². The number of anilines is 1. The largest absolute Gasteiger partial charge is 0.493 e. The molecule has 4 N–H and O–H groups in total. The van der Waals surface area contributed by atoms with E-state index in [4.69, 9.17) is 25.7 Å². The maximum atomic E-state index is 14.0. The summed E-state index contributed by atoms with van der Waals surface area (Å²) in [5.74, 6) is 1.09. The van der Waals surface area contributed by atoms with Crippen LogP contribution in [0.5, 0.6) is 23.0 Å². The molecule has 1 aromatic heterocycles. The topological polar surface area (TPSA) is 92.6 Å². The summed E-state index contributed by atoms with van der Waals surface area (Å²) in [6.45, 7) is 1.02. The highest BCUT2D eigenvalue weighted by atomic mass is 19.1. The molecule has 0 atom stereocenters. The van der Waals surface area contributed by atoms with Crippen molar-refractivity contribution in [2.75, 3.05) is 26.0 Å². The zero-order valence-electron chi connectivity index (χ0n) is 14.4. The van der Waals surface area contributed by atoms with Gasteiger partial charge in [-0.3, -0.25) is 4.98 Å². The quantitative estimate of drug-likeness (QED) is 0.497. The molecule has 0 fully saturated rings. The molecule has 0 aliphatic heterocycles. The first-order valence-electron chi connectivity index (χ1n) is 8.15. The Morgan fingerprint density at radius 1 is 1.04 bits per heavy atom. The number of rotatable bonds is 7. The first-order chi connectivity index (χ1) is 12.6. The van der Waals surface area contributed by atoms with Crippen molar-refractivity contribution in [3.8, 4) is 23.0 Å². The summed E-state index contributed by atoms with van der Waals surface area (Å²) in [5.41, 5.74) is 12.0. The molecule has 136 valence electrons. The Labute approximate surface area is 150 Å². The minimum Gasteiger partial charge on any atom is -0.493 e. The smallest absolute Gasteiger partial charge is 0.167 e. The third-order valence-corrected chi connectivity index (χ3v) is 3.77. The number of hydrogen-bond donors (Lipinski definition) is 2. The van der Waals surface area contributed by atoms with Gasteiger partial charge in [-0.15, -0.1) is 0 Å². The molecule has 0 aliphatic carbocycles. The number of halogens is 1. The van der Waals surface area contributed by atoms with E-state index in [-0.39, 0.29) is 5.75 Å². The summed E-state index contributed by atoms with van der Waals surface area (Å²) in [6, 6.07) is 9.45. The van der Waals surface area contributed by atoms with Crippen molar-refractivity contribution in [2.45, 2.75) is 6.42 Å². The van der Waals surface area contributed by atoms with Gasteiger partial charge in [-0.05, 0) is 37.2 Å². The van der Waals surface area contributed by atoms with Gasteiger partial charge < -0.3 is 25.7 Å². The van der Waals surface area contributed by atoms with E-state index < -0.39 is 5.82 Å². The zero-order valence-corrected chi connectivity index (χ0v) is 14.4. The first-order valence-corrected chi connectivity index (χ1v) is 8.15. The Kier molecular flexibility index (Phi) is 5.38. The Hall–Kier alpha value is -3.06. The third kappa shape index (κ3) is 3.78. The lowest BCUT2D eigenvalue weighted by Crippen LogP contribution is -2.06. The van der Waals surface area contributed by atoms with E-state index in [2.05, 4.69) is 4.98 Å². The Bertz CT molecular complexity index is 918. The second-order valence-corrected chi connectivity index (χ2v) is 5.61. The summed E-state index contributed by atoms with van der Waals surface area (Å²) < 4.78 is 30.9. The minimum atomic E-state index is -0.538. The second-order valence-electron chi connectivity index (χ2n) is 5.61. The highest BCUT2D eigenvalue weighted by Gasteiger charge is 2.13. The first kappa shape index (κ1) is 17.8. The maximum Gasteiger partial charge on any atom is 0.167 e. The normalized spacial score (nSPS) is 10.7. The number of fused-ring (bicyclic) bond motifs is 1. The van der Waals surface area contributed by atoms with Crippen molar-refractivity contribution in [3.05, 3.63) is 48.4 Å². The van der Waals surface area contributed by atoms with E-state index in [0.29, 0.717) is 47.0 Å². The standard InChI is InChI=1S/C19H20FN3O3/c1-24-18-10-13-15(11-19(18)25-8-2-6-21)23-7-5-16(13)26-17-4-3-12(22)9-14(17)20/h3-5,7,9-11H,2,6,8,21-22H2,1H3. The average Bonchev–Trinajstić information content (AvgIpc) is 2.64. The van der Waals surface area contributed by atoms with Gasteiger partial charge in [-0.1, -0.05) is 0 Å². The fraction of sp³-hybridized carbons (Fsp3) is 0.211. The number of benzene rings is 2. The van der Waals surface area contributed by atoms with Crippen LogP contribution in [0.2, 0.25) is 0 Å². The van der Waals surface area contributed by atoms with E-state index in [9.17, 15) is 4.39 Å². The van der Waals surface area contributed by atoms with Crippen LogP contribution in [-0.2, 0) is 0 Å². The van der Waals surface area contributed by atoms with Gasteiger partial charge in [0.2, 0.25) is 0 Å². The van der Waals surface area contributed by atoms with Crippen molar-refractivity contribution in [2.24, 2.45) is 5.73 Å². The number of nitrogens with two attached hydrogens (primary N) is 2. The molecule has 0 saturated carbocycles. The van der Waals surface area contributed by atoms with Crippen LogP contribution in [0.25, 0.3) is 10.9 Å². The monoisotopic (exact) mass is 357 g/mol. The fourth-order valence-electron chi connectivity index (χ4n) is 2.47. The van der Waals surface area contributed by atoms with E-state index in [0.717, 1.165) is 6.42 Å². The van der Waals surface area contributed by atoms with Crippen LogP contribution in [0.15, 0.2) is 42.6 Å². The van der Waals surface area contributed by atoms with Gasteiger partial charge in [0, 0.05) is 29.4 Å². The molecule has 3 aromatic rings. The van der Waals surface area contributed by atoms with Gasteiger partial charge in [0.05, 0.1) is 19.2 Å². The lowest BCUT2D eigenvalue weighted by atomic mass is 10.1. The maximum absolute atomic E-state index is 14.0. The number of aromatic nitrogens is 1. The van der Waals surface area contributed by atoms with Crippen LogP contribution in [-0.4, -0.2) is 25.2 Å². The Morgan fingerprint density at radius 3 is 2.62 bits per heavy atom. The van der Waals surface area contributed by atoms with Crippen molar-refractivity contribution < 1.29 is 18.6 Å². The third-order valence-electron chi connectivity index (χ3n) is 3.77. The van der Waals surface area contributed by atoms with Crippen LogP contribution in [0.3, 0.4) is 0 Å². The van der Waals surface area contributed by atoms with Crippen molar-refractivity contribution in [1.29, 1.82) is 0 Å². The van der Waals surface area contributed by atoms with Gasteiger partial charge in [-0.25, -0.2) is 4.39 Å². The molecule has 6 nitrogen and oxygen atoms in total. The van der Waals surface area contributed by atoms with E-state index >= 15 is 0 Å². The number of pyridine rings is 1. The van der Waals surface area contributed by atoms with Crippen molar-refractivity contribution in [3.63, 3.8) is 0 Å². The molecule has 2 aromatic carbocycles. The Morgan fingerprint density at radius 2 is 1.88 bits per heavy atom. The number of nitrogens with zero attached hydrogens (tertiary/aromatic N) is 1. The van der Waals surface area contributed by atoms with Gasteiger partial charge in [0.15, 0.2) is 23.1 Å². The van der Waals surface area contributed by atoms with Gasteiger partial charge >= 0.3 is 0 Å². The van der Waals surface area contributed by atoms with E-state index in [1.54, 1.807) is 37.6 Å². The summed E-state index contributed by atoms with van der Waals surface area (Å²) in [7, 11) is 1.55. The van der Waals surface area contributed by atoms with Crippen molar-refractivity contribution >= 4 is 16.6 Å². The Balaban J connectivity index is 1.98. The van der Waals surface area contributed by atoms with Gasteiger partial charge in [-0.2, -0.15) is 0 Å². The highest BCUT2D eigenvalue weighted by Crippen LogP contribution is 2.37. The number of nitrogen functional groups attached to an aromatic ring is 1. The number of ether oxygens (including phenoxy) is 3. The summed E-state index contributed by atoms with van der Waals surface area (Å²) in [4.78, 5) is 4.33. The van der Waals surface area contributed by atoms with Crippen LogP contribution >= 0.6 is 0 Å². The molecule has 3 rings (SSSR count). The van der Waals surface area contributed by atoms with Crippen LogP contribution < -0.4 is 25.7 Å². The number of hydrogen-bond acceptors (Lipinski definition) is 6. The SMILES string of the molecule is COc1cc2c(Oc3ccc(N)cc3F)ccnc2cc1OCCCN. The minimum absolute atomic E-state index is 0.0777. The molecule has 0 amide bonds. The van der Waals surface area contributed by atoms with E-state index in [1.807, 2.05) is 0 Å². The molecule has 0 aliphatic rings. The van der Waals surface area contributed by atoms with Crippen LogP contribution in [0.1, 0.15) is 6.42 Å². The van der Waals surface area contributed by atoms with Gasteiger partial charge in [0.1, 0.15) is 5.75 Å². The van der Waals surface area contributed by atoms with Crippen LogP contribution in [0, 0.1) is 5.82 Å².